The third kappa shape index (κ3) is 7.19. The molecular weight excluding hydrogens is 314 g/mol. The maximum atomic E-state index is 12.5. The van der Waals surface area contributed by atoms with Gasteiger partial charge >= 0.3 is 18.0 Å². The molecule has 1 amide bonds. The van der Waals surface area contributed by atoms with E-state index >= 15 is 0 Å². The molecule has 7 heteroatoms. The standard InChI is InChI=1S/C17H31NO6/c1-7-10-11-12-17(13(19)22-8-2,14(20)23-9-3)18-15(21)24-16(4,5)6/h7-12H2,1-6H3,(H,18,21). The molecule has 0 aromatic rings. The van der Waals surface area contributed by atoms with Crippen molar-refractivity contribution in [1.82, 2.24) is 5.32 Å². The van der Waals surface area contributed by atoms with Crippen LogP contribution < -0.4 is 5.32 Å². The summed E-state index contributed by atoms with van der Waals surface area (Å²) < 4.78 is 15.2. The van der Waals surface area contributed by atoms with Gasteiger partial charge in [0.2, 0.25) is 5.54 Å². The summed E-state index contributed by atoms with van der Waals surface area (Å²) in [6.45, 7) is 10.5. The minimum Gasteiger partial charge on any atom is -0.464 e. The number of nitrogens with one attached hydrogen (secondary N) is 1. The summed E-state index contributed by atoms with van der Waals surface area (Å²) in [7, 11) is 0. The second kappa shape index (κ2) is 10.2. The minimum atomic E-state index is -1.89. The van der Waals surface area contributed by atoms with Gasteiger partial charge in [-0.1, -0.05) is 19.8 Å². The van der Waals surface area contributed by atoms with Gasteiger partial charge in [0, 0.05) is 0 Å². The Balaban J connectivity index is 5.56. The largest absolute Gasteiger partial charge is 0.464 e. The van der Waals surface area contributed by atoms with Gasteiger partial charge in [0.15, 0.2) is 0 Å². The van der Waals surface area contributed by atoms with Gasteiger partial charge in [-0.2, -0.15) is 0 Å². The van der Waals surface area contributed by atoms with Gasteiger partial charge in [-0.25, -0.2) is 14.4 Å². The van der Waals surface area contributed by atoms with Crippen LogP contribution in [0.1, 0.15) is 67.2 Å². The quantitative estimate of drug-likeness (QED) is 0.299. The Morgan fingerprint density at radius 2 is 1.38 bits per heavy atom. The van der Waals surface area contributed by atoms with Gasteiger partial charge in [0.25, 0.3) is 0 Å². The van der Waals surface area contributed by atoms with Crippen LogP contribution in [0.2, 0.25) is 0 Å². The minimum absolute atomic E-state index is 0.0871. The smallest absolute Gasteiger partial charge is 0.409 e. The number of hydrogen-bond donors (Lipinski definition) is 1. The number of amides is 1. The fourth-order valence-electron chi connectivity index (χ4n) is 2.08. The molecule has 0 bridgehead atoms. The highest BCUT2D eigenvalue weighted by atomic mass is 16.6. The molecule has 0 unspecified atom stereocenters. The van der Waals surface area contributed by atoms with Crippen LogP contribution in [0.3, 0.4) is 0 Å². The highest BCUT2D eigenvalue weighted by Crippen LogP contribution is 2.21. The zero-order valence-electron chi connectivity index (χ0n) is 15.7. The zero-order valence-corrected chi connectivity index (χ0v) is 15.7. The molecule has 0 aliphatic heterocycles. The second-order valence-electron chi connectivity index (χ2n) is 6.43. The van der Waals surface area contributed by atoms with Gasteiger partial charge in [0.1, 0.15) is 5.60 Å². The SMILES string of the molecule is CCCCCC(NC(=O)OC(C)(C)C)(C(=O)OCC)C(=O)OCC. The molecule has 1 N–H and O–H groups in total. The van der Waals surface area contributed by atoms with Gasteiger partial charge < -0.3 is 14.2 Å². The van der Waals surface area contributed by atoms with Crippen LogP contribution in [0.4, 0.5) is 4.79 Å². The molecule has 140 valence electrons. The molecule has 0 heterocycles. The first kappa shape index (κ1) is 22.2. The maximum absolute atomic E-state index is 12.5. The number of carbonyl (C=O) groups is 3. The molecule has 0 aromatic heterocycles. The second-order valence-corrected chi connectivity index (χ2v) is 6.43. The zero-order chi connectivity index (χ0) is 18.8. The van der Waals surface area contributed by atoms with Crippen LogP contribution in [0.15, 0.2) is 0 Å². The van der Waals surface area contributed by atoms with Crippen LogP contribution in [0.5, 0.6) is 0 Å². The van der Waals surface area contributed by atoms with E-state index in [1.807, 2.05) is 6.92 Å². The normalized spacial score (nSPS) is 11.6. The van der Waals surface area contributed by atoms with Crippen LogP contribution in [0, 0.1) is 0 Å². The Labute approximate surface area is 144 Å². The summed E-state index contributed by atoms with van der Waals surface area (Å²) in [5.41, 5.74) is -2.65. The Morgan fingerprint density at radius 1 is 0.875 bits per heavy atom. The molecule has 0 spiro atoms. The van der Waals surface area contributed by atoms with Crippen molar-refractivity contribution in [2.75, 3.05) is 13.2 Å². The van der Waals surface area contributed by atoms with Gasteiger partial charge in [-0.15, -0.1) is 0 Å². The summed E-state index contributed by atoms with van der Waals surface area (Å²) in [5, 5.41) is 2.40. The first-order valence-corrected chi connectivity index (χ1v) is 8.48. The Hall–Kier alpha value is -1.79. The van der Waals surface area contributed by atoms with E-state index in [4.69, 9.17) is 14.2 Å². The Bertz CT molecular complexity index is 409. The average Bonchev–Trinajstić information content (AvgIpc) is 2.44. The molecule has 0 rings (SSSR count). The van der Waals surface area contributed by atoms with Crippen LogP contribution in [-0.2, 0) is 23.8 Å². The predicted octanol–water partition coefficient (Wildman–Crippen LogP) is 2.96. The van der Waals surface area contributed by atoms with Crippen molar-refractivity contribution in [3.63, 3.8) is 0 Å². The van der Waals surface area contributed by atoms with Crippen molar-refractivity contribution in [1.29, 1.82) is 0 Å². The van der Waals surface area contributed by atoms with E-state index < -0.39 is 29.2 Å². The monoisotopic (exact) mass is 345 g/mol. The fraction of sp³-hybridized carbons (Fsp3) is 0.824. The molecular formula is C17H31NO6. The van der Waals surface area contributed by atoms with E-state index in [1.54, 1.807) is 34.6 Å². The number of esters is 2. The molecule has 0 aromatic carbocycles. The van der Waals surface area contributed by atoms with Crippen molar-refractivity contribution >= 4 is 18.0 Å². The summed E-state index contributed by atoms with van der Waals surface area (Å²) in [5.74, 6) is -1.66. The van der Waals surface area contributed by atoms with Crippen LogP contribution in [-0.4, -0.2) is 42.4 Å². The van der Waals surface area contributed by atoms with Crippen LogP contribution >= 0.6 is 0 Å². The van der Waals surface area contributed by atoms with Gasteiger partial charge in [-0.3, -0.25) is 5.32 Å². The molecule has 0 saturated carbocycles. The Kier molecular flexibility index (Phi) is 9.40. The van der Waals surface area contributed by atoms with Crippen molar-refractivity contribution in [2.45, 2.75) is 78.4 Å². The van der Waals surface area contributed by atoms with E-state index in [0.717, 1.165) is 12.8 Å². The molecule has 0 radical (unpaired) electrons. The summed E-state index contributed by atoms with van der Waals surface area (Å²) in [4.78, 5) is 37.1. The lowest BCUT2D eigenvalue weighted by molar-refractivity contribution is -0.166. The molecule has 0 aliphatic carbocycles. The van der Waals surface area contributed by atoms with Crippen molar-refractivity contribution in [2.24, 2.45) is 0 Å². The van der Waals surface area contributed by atoms with Gasteiger partial charge in [-0.05, 0) is 47.5 Å². The summed E-state index contributed by atoms with van der Waals surface area (Å²) in [6.07, 6.45) is 1.49. The number of alkyl carbamates (subject to hydrolysis) is 1. The molecule has 0 aliphatic rings. The third-order valence-electron chi connectivity index (χ3n) is 3.12. The summed E-state index contributed by atoms with van der Waals surface area (Å²) in [6, 6.07) is 0. The maximum Gasteiger partial charge on any atom is 0.409 e. The number of hydrogen-bond acceptors (Lipinski definition) is 6. The van der Waals surface area contributed by atoms with E-state index in [9.17, 15) is 14.4 Å². The third-order valence-corrected chi connectivity index (χ3v) is 3.12. The lowest BCUT2D eigenvalue weighted by atomic mass is 9.92. The van der Waals surface area contributed by atoms with Crippen molar-refractivity contribution < 1.29 is 28.6 Å². The molecule has 24 heavy (non-hydrogen) atoms. The highest BCUT2D eigenvalue weighted by Gasteiger charge is 2.50. The Morgan fingerprint density at radius 3 is 1.75 bits per heavy atom. The van der Waals surface area contributed by atoms with E-state index in [2.05, 4.69) is 5.32 Å². The number of rotatable bonds is 9. The van der Waals surface area contributed by atoms with E-state index in [-0.39, 0.29) is 19.6 Å². The number of carbonyl (C=O) groups excluding carboxylic acids is 3. The highest BCUT2D eigenvalue weighted by molar-refractivity contribution is 6.07. The van der Waals surface area contributed by atoms with Crippen LogP contribution in [0.25, 0.3) is 0 Å². The van der Waals surface area contributed by atoms with E-state index in [0.29, 0.717) is 6.42 Å². The van der Waals surface area contributed by atoms with Crippen molar-refractivity contribution in [3.8, 4) is 0 Å². The first-order valence-electron chi connectivity index (χ1n) is 8.48. The van der Waals surface area contributed by atoms with Gasteiger partial charge in [0.05, 0.1) is 13.2 Å². The fourth-order valence-corrected chi connectivity index (χ4v) is 2.08. The van der Waals surface area contributed by atoms with E-state index in [1.165, 1.54) is 0 Å². The topological polar surface area (TPSA) is 90.9 Å². The molecule has 0 atom stereocenters. The molecule has 0 fully saturated rings. The number of ether oxygens (including phenoxy) is 3. The molecule has 7 nitrogen and oxygen atoms in total. The lowest BCUT2D eigenvalue weighted by Crippen LogP contribution is -2.62. The number of unbranched alkanes of at least 4 members (excludes halogenated alkanes) is 2. The predicted molar refractivity (Wildman–Crippen MR) is 89.5 cm³/mol. The lowest BCUT2D eigenvalue weighted by Gasteiger charge is -2.31. The molecule has 0 saturated heterocycles. The first-order chi connectivity index (χ1) is 11.1. The average molecular weight is 345 g/mol. The summed E-state index contributed by atoms with van der Waals surface area (Å²) >= 11 is 0. The van der Waals surface area contributed by atoms with Crippen molar-refractivity contribution in [3.05, 3.63) is 0 Å².